The third-order valence-electron chi connectivity index (χ3n) is 11.9. The zero-order valence-corrected chi connectivity index (χ0v) is 43.4. The van der Waals surface area contributed by atoms with Crippen LogP contribution in [0.1, 0.15) is 271 Å². The van der Waals surface area contributed by atoms with Crippen molar-refractivity contribution in [2.24, 2.45) is 0 Å². The molecule has 1 unspecified atom stereocenters. The van der Waals surface area contributed by atoms with Crippen LogP contribution in [-0.4, -0.2) is 37.2 Å². The molecule has 0 aromatic rings. The van der Waals surface area contributed by atoms with Gasteiger partial charge in [0.25, 0.3) is 0 Å². The number of hydrogen-bond acceptors (Lipinski definition) is 6. The molecule has 0 saturated heterocycles. The number of carbonyl (C=O) groups is 3. The Morgan fingerprint density at radius 3 is 0.879 bits per heavy atom. The van der Waals surface area contributed by atoms with Gasteiger partial charge in [-0.3, -0.25) is 14.4 Å². The van der Waals surface area contributed by atoms with E-state index in [0.717, 1.165) is 103 Å². The largest absolute Gasteiger partial charge is 0.462 e. The summed E-state index contributed by atoms with van der Waals surface area (Å²) in [5.74, 6) is -0.905. The monoisotopic (exact) mass is 921 g/mol. The molecule has 6 nitrogen and oxygen atoms in total. The van der Waals surface area contributed by atoms with Gasteiger partial charge in [0.2, 0.25) is 0 Å². The molecule has 0 aliphatic carbocycles. The molecule has 0 aliphatic rings. The Morgan fingerprint density at radius 2 is 0.545 bits per heavy atom. The van der Waals surface area contributed by atoms with Crippen molar-refractivity contribution >= 4 is 17.9 Å². The topological polar surface area (TPSA) is 78.9 Å². The minimum atomic E-state index is -0.786. The Balaban J connectivity index is 4.37. The molecule has 0 spiro atoms. The van der Waals surface area contributed by atoms with Crippen LogP contribution in [0, 0.1) is 0 Å². The highest BCUT2D eigenvalue weighted by Gasteiger charge is 2.19. The van der Waals surface area contributed by atoms with Crippen LogP contribution in [0.25, 0.3) is 0 Å². The van der Waals surface area contributed by atoms with Gasteiger partial charge in [-0.15, -0.1) is 0 Å². The number of unbranched alkanes of at least 4 members (excludes halogenated alkanes) is 27. The van der Waals surface area contributed by atoms with E-state index in [1.54, 1.807) is 0 Å². The van der Waals surface area contributed by atoms with Gasteiger partial charge in [-0.2, -0.15) is 0 Å². The second-order valence-electron chi connectivity index (χ2n) is 18.5. The van der Waals surface area contributed by atoms with Crippen molar-refractivity contribution in [2.45, 2.75) is 277 Å². The predicted octanol–water partition coefficient (Wildman–Crippen LogP) is 18.6. The normalized spacial score (nSPS) is 12.6. The quantitative estimate of drug-likeness (QED) is 0.0262. The molecule has 0 fully saturated rings. The number of allylic oxidation sites excluding steroid dienone is 12. The van der Waals surface area contributed by atoms with Crippen LogP contribution in [0.5, 0.6) is 0 Å². The molecule has 0 rings (SSSR count). The van der Waals surface area contributed by atoms with Crippen molar-refractivity contribution in [3.05, 3.63) is 72.9 Å². The molecule has 0 N–H and O–H groups in total. The predicted molar refractivity (Wildman–Crippen MR) is 284 cm³/mol. The molecule has 0 amide bonds. The minimum absolute atomic E-state index is 0.0837. The van der Waals surface area contributed by atoms with E-state index in [1.807, 2.05) is 0 Å². The molecule has 0 aliphatic heterocycles. The lowest BCUT2D eigenvalue weighted by atomic mass is 10.1. The molecule has 0 saturated carbocycles. The fourth-order valence-corrected chi connectivity index (χ4v) is 7.69. The maximum Gasteiger partial charge on any atom is 0.306 e. The standard InChI is InChI=1S/C60H104O6/c1-4-7-10-13-16-19-22-24-26-28-30-32-34-36-38-41-44-47-50-53-59(62)65-56-57(55-64-58(61)52-49-46-43-40-21-18-15-12-9-6-3)66-60(63)54-51-48-45-42-39-37-35-33-31-29-27-25-23-20-17-14-11-8-5-2/h16-17,19-20,24-27,30-33,57H,4-15,18,21-23,28-29,34-56H2,1-3H3/b19-16-,20-17-,26-24-,27-25-,32-30-,33-31-. The van der Waals surface area contributed by atoms with Crippen LogP contribution in [0.15, 0.2) is 72.9 Å². The summed E-state index contributed by atoms with van der Waals surface area (Å²) in [4.78, 5) is 38.0. The first-order valence-corrected chi connectivity index (χ1v) is 27.9. The van der Waals surface area contributed by atoms with Gasteiger partial charge in [0.1, 0.15) is 13.2 Å². The molecule has 0 aromatic carbocycles. The lowest BCUT2D eigenvalue weighted by molar-refractivity contribution is -0.167. The molecule has 0 bridgehead atoms. The van der Waals surface area contributed by atoms with E-state index in [9.17, 15) is 14.4 Å². The summed E-state index contributed by atoms with van der Waals surface area (Å²) in [6.45, 7) is 6.56. The molecule has 66 heavy (non-hydrogen) atoms. The summed E-state index contributed by atoms with van der Waals surface area (Å²) in [7, 11) is 0. The lowest BCUT2D eigenvalue weighted by Gasteiger charge is -2.18. The number of rotatable bonds is 50. The summed E-state index contributed by atoms with van der Waals surface area (Å²) < 4.78 is 16.8. The molecule has 0 heterocycles. The maximum atomic E-state index is 12.8. The summed E-state index contributed by atoms with van der Waals surface area (Å²) in [6, 6.07) is 0. The van der Waals surface area contributed by atoms with Crippen LogP contribution < -0.4 is 0 Å². The van der Waals surface area contributed by atoms with E-state index in [-0.39, 0.29) is 31.1 Å². The van der Waals surface area contributed by atoms with Gasteiger partial charge in [-0.1, -0.05) is 229 Å². The molecular weight excluding hydrogens is 817 g/mol. The van der Waals surface area contributed by atoms with Gasteiger partial charge in [-0.05, 0) is 96.3 Å². The van der Waals surface area contributed by atoms with E-state index in [4.69, 9.17) is 14.2 Å². The highest BCUT2D eigenvalue weighted by atomic mass is 16.6. The third-order valence-corrected chi connectivity index (χ3v) is 11.9. The number of esters is 3. The van der Waals surface area contributed by atoms with Crippen molar-refractivity contribution in [2.75, 3.05) is 13.2 Å². The fourth-order valence-electron chi connectivity index (χ4n) is 7.69. The van der Waals surface area contributed by atoms with Crippen molar-refractivity contribution in [1.82, 2.24) is 0 Å². The van der Waals surface area contributed by atoms with Crippen LogP contribution in [0.4, 0.5) is 0 Å². The van der Waals surface area contributed by atoms with Gasteiger partial charge in [0, 0.05) is 19.3 Å². The van der Waals surface area contributed by atoms with Gasteiger partial charge >= 0.3 is 17.9 Å². The van der Waals surface area contributed by atoms with E-state index >= 15 is 0 Å². The number of ether oxygens (including phenoxy) is 3. The van der Waals surface area contributed by atoms with Crippen LogP contribution >= 0.6 is 0 Å². The van der Waals surface area contributed by atoms with E-state index in [2.05, 4.69) is 93.7 Å². The summed E-state index contributed by atoms with van der Waals surface area (Å²) >= 11 is 0. The summed E-state index contributed by atoms with van der Waals surface area (Å²) in [6.07, 6.45) is 68.8. The van der Waals surface area contributed by atoms with Gasteiger partial charge in [0.05, 0.1) is 0 Å². The molecular formula is C60H104O6. The Bertz CT molecular complexity index is 1240. The highest BCUT2D eigenvalue weighted by Crippen LogP contribution is 2.15. The summed E-state index contributed by atoms with van der Waals surface area (Å²) in [5, 5.41) is 0. The molecule has 0 aromatic heterocycles. The second kappa shape index (κ2) is 54.5. The van der Waals surface area contributed by atoms with Gasteiger partial charge < -0.3 is 14.2 Å². The van der Waals surface area contributed by atoms with E-state index in [0.29, 0.717) is 19.3 Å². The van der Waals surface area contributed by atoms with Crippen LogP contribution in [0.3, 0.4) is 0 Å². The third kappa shape index (κ3) is 51.8. The molecule has 0 radical (unpaired) electrons. The SMILES string of the molecule is CCCCC/C=C\C/C=C\C/C=C\CCCCCCCCC(=O)OCC(COC(=O)CCCCCCCCCCCC)OC(=O)CCCCCCCC/C=C\C/C=C\C/C=C\CCCCC. The van der Waals surface area contributed by atoms with Crippen molar-refractivity contribution in [3.8, 4) is 0 Å². The Morgan fingerprint density at radius 1 is 0.303 bits per heavy atom. The van der Waals surface area contributed by atoms with Gasteiger partial charge in [0.15, 0.2) is 6.10 Å². The first-order chi connectivity index (χ1) is 32.5. The van der Waals surface area contributed by atoms with Crippen molar-refractivity contribution < 1.29 is 28.6 Å². The van der Waals surface area contributed by atoms with Crippen molar-refractivity contribution in [1.29, 1.82) is 0 Å². The Labute approximate surface area is 408 Å². The maximum absolute atomic E-state index is 12.8. The first-order valence-electron chi connectivity index (χ1n) is 27.9. The van der Waals surface area contributed by atoms with Crippen molar-refractivity contribution in [3.63, 3.8) is 0 Å². The smallest absolute Gasteiger partial charge is 0.306 e. The zero-order valence-electron chi connectivity index (χ0n) is 43.4. The lowest BCUT2D eigenvalue weighted by Crippen LogP contribution is -2.30. The molecule has 380 valence electrons. The van der Waals surface area contributed by atoms with Crippen LogP contribution in [-0.2, 0) is 28.6 Å². The Hall–Kier alpha value is -3.15. The van der Waals surface area contributed by atoms with Crippen LogP contribution in [0.2, 0.25) is 0 Å². The van der Waals surface area contributed by atoms with E-state index < -0.39 is 6.10 Å². The fraction of sp³-hybridized carbons (Fsp3) is 0.750. The second-order valence-corrected chi connectivity index (χ2v) is 18.5. The molecule has 6 heteroatoms. The Kier molecular flexibility index (Phi) is 51.9. The van der Waals surface area contributed by atoms with Gasteiger partial charge in [-0.25, -0.2) is 0 Å². The van der Waals surface area contributed by atoms with E-state index in [1.165, 1.54) is 128 Å². The average Bonchev–Trinajstić information content (AvgIpc) is 3.31. The zero-order chi connectivity index (χ0) is 47.9. The number of carbonyl (C=O) groups excluding carboxylic acids is 3. The average molecular weight is 921 g/mol. The minimum Gasteiger partial charge on any atom is -0.462 e. The summed E-state index contributed by atoms with van der Waals surface area (Å²) in [5.41, 5.74) is 0. The first kappa shape index (κ1) is 62.8. The molecule has 1 atom stereocenters. The number of hydrogen-bond donors (Lipinski definition) is 0. The highest BCUT2D eigenvalue weighted by molar-refractivity contribution is 5.71.